The number of nitrogens with zero attached hydrogens (tertiary/aromatic N) is 2. The Kier molecular flexibility index (Phi) is 3.96. The third kappa shape index (κ3) is 2.73. The van der Waals surface area contributed by atoms with E-state index in [1.807, 2.05) is 18.2 Å². The van der Waals surface area contributed by atoms with Crippen LogP contribution in [0.25, 0.3) is 22.3 Å². The highest BCUT2D eigenvalue weighted by Crippen LogP contribution is 2.30. The molecular formula is C19H18N4O3. The highest BCUT2D eigenvalue weighted by molar-refractivity contribution is 6.02. The van der Waals surface area contributed by atoms with Crippen LogP contribution in [0.15, 0.2) is 53.1 Å². The molecular weight excluding hydrogens is 332 g/mol. The molecule has 3 heterocycles. The van der Waals surface area contributed by atoms with Crippen LogP contribution < -0.4 is 10.1 Å². The summed E-state index contributed by atoms with van der Waals surface area (Å²) in [6.45, 7) is 2.87. The maximum atomic E-state index is 12.1. The Morgan fingerprint density at radius 1 is 1.31 bits per heavy atom. The molecule has 4 aromatic rings. The minimum Gasteiger partial charge on any atom is -0.497 e. The third-order valence-electron chi connectivity index (χ3n) is 4.27. The van der Waals surface area contributed by atoms with Crippen LogP contribution in [0.3, 0.4) is 0 Å². The summed E-state index contributed by atoms with van der Waals surface area (Å²) in [7, 11) is 1.66. The third-order valence-corrected chi connectivity index (χ3v) is 4.27. The summed E-state index contributed by atoms with van der Waals surface area (Å²) < 4.78 is 12.6. The van der Waals surface area contributed by atoms with Crippen molar-refractivity contribution in [1.29, 1.82) is 0 Å². The normalized spacial score (nSPS) is 11.0. The summed E-state index contributed by atoms with van der Waals surface area (Å²) >= 11 is 0. The highest BCUT2D eigenvalue weighted by Gasteiger charge is 2.15. The van der Waals surface area contributed by atoms with Crippen molar-refractivity contribution in [2.75, 3.05) is 12.4 Å². The second kappa shape index (κ2) is 6.44. The van der Waals surface area contributed by atoms with Crippen LogP contribution in [-0.4, -0.2) is 27.8 Å². The minimum atomic E-state index is -0.339. The molecule has 132 valence electrons. The number of furan rings is 1. The lowest BCUT2D eigenvalue weighted by Crippen LogP contribution is -2.10. The molecule has 0 radical (unpaired) electrons. The summed E-state index contributed by atoms with van der Waals surface area (Å²) in [6, 6.07) is 13.1. The summed E-state index contributed by atoms with van der Waals surface area (Å²) in [5.41, 5.74) is 2.89. The number of aromatic nitrogens is 3. The van der Waals surface area contributed by atoms with E-state index in [1.165, 1.54) is 6.26 Å². The van der Waals surface area contributed by atoms with Crippen molar-refractivity contribution in [3.63, 3.8) is 0 Å². The van der Waals surface area contributed by atoms with Gasteiger partial charge in [-0.3, -0.25) is 9.89 Å². The van der Waals surface area contributed by atoms with E-state index < -0.39 is 0 Å². The quantitative estimate of drug-likeness (QED) is 0.571. The van der Waals surface area contributed by atoms with Crippen LogP contribution in [-0.2, 0) is 6.54 Å². The van der Waals surface area contributed by atoms with E-state index in [0.717, 1.165) is 34.6 Å². The number of hydrogen-bond acceptors (Lipinski definition) is 4. The number of hydrogen-bond donors (Lipinski definition) is 2. The lowest BCUT2D eigenvalue weighted by atomic mass is 10.2. The molecule has 4 rings (SSSR count). The largest absolute Gasteiger partial charge is 0.497 e. The van der Waals surface area contributed by atoms with Gasteiger partial charge in [-0.2, -0.15) is 5.10 Å². The number of aromatic amines is 1. The molecule has 26 heavy (non-hydrogen) atoms. The number of H-pyrrole nitrogens is 1. The lowest BCUT2D eigenvalue weighted by Gasteiger charge is -2.07. The number of carbonyl (C=O) groups excluding carboxylic acids is 1. The number of amides is 1. The van der Waals surface area contributed by atoms with Gasteiger partial charge in [0.1, 0.15) is 5.75 Å². The topological polar surface area (TPSA) is 85.1 Å². The number of carbonyl (C=O) groups is 1. The number of ether oxygens (including phenoxy) is 1. The highest BCUT2D eigenvalue weighted by atomic mass is 16.5. The van der Waals surface area contributed by atoms with Crippen LogP contribution in [0.2, 0.25) is 0 Å². The van der Waals surface area contributed by atoms with E-state index in [0.29, 0.717) is 5.82 Å². The number of anilines is 1. The van der Waals surface area contributed by atoms with Crippen LogP contribution in [0.1, 0.15) is 17.5 Å². The fourth-order valence-electron chi connectivity index (χ4n) is 3.03. The first-order valence-corrected chi connectivity index (χ1v) is 8.27. The fraction of sp³-hybridized carbons (Fsp3) is 0.158. The van der Waals surface area contributed by atoms with E-state index in [4.69, 9.17) is 9.15 Å². The molecule has 0 aliphatic rings. The number of methoxy groups -OCH3 is 1. The molecule has 0 unspecified atom stereocenters. The number of fused-ring (bicyclic) bond motifs is 1. The van der Waals surface area contributed by atoms with Crippen LogP contribution in [0, 0.1) is 0 Å². The Morgan fingerprint density at radius 2 is 2.19 bits per heavy atom. The maximum Gasteiger partial charge on any atom is 0.292 e. The van der Waals surface area contributed by atoms with Gasteiger partial charge < -0.3 is 19.0 Å². The van der Waals surface area contributed by atoms with Gasteiger partial charge in [0.15, 0.2) is 11.6 Å². The zero-order chi connectivity index (χ0) is 18.1. The summed E-state index contributed by atoms with van der Waals surface area (Å²) in [5, 5.41) is 11.0. The van der Waals surface area contributed by atoms with Crippen LogP contribution in [0.4, 0.5) is 5.82 Å². The van der Waals surface area contributed by atoms with Crippen molar-refractivity contribution in [3.8, 4) is 17.1 Å². The van der Waals surface area contributed by atoms with E-state index in [2.05, 4.69) is 33.1 Å². The SMILES string of the molecule is CCn1c(-c2cc(NC(=O)c3ccco3)n[nH]2)cc2ccc(OC)cc21. The number of rotatable bonds is 5. The van der Waals surface area contributed by atoms with E-state index in [9.17, 15) is 4.79 Å². The van der Waals surface area contributed by atoms with Crippen molar-refractivity contribution < 1.29 is 13.9 Å². The monoisotopic (exact) mass is 350 g/mol. The Hall–Kier alpha value is -3.48. The van der Waals surface area contributed by atoms with Gasteiger partial charge in [-0.15, -0.1) is 0 Å². The van der Waals surface area contributed by atoms with E-state index in [-0.39, 0.29) is 11.7 Å². The average molecular weight is 350 g/mol. The first-order chi connectivity index (χ1) is 12.7. The Bertz CT molecular complexity index is 1060. The van der Waals surface area contributed by atoms with Gasteiger partial charge in [0, 0.05) is 24.1 Å². The predicted octanol–water partition coefficient (Wildman–Crippen LogP) is 3.91. The molecule has 0 atom stereocenters. The van der Waals surface area contributed by atoms with Gasteiger partial charge in [-0.1, -0.05) is 0 Å². The molecule has 1 amide bonds. The smallest absolute Gasteiger partial charge is 0.292 e. The second-order valence-electron chi connectivity index (χ2n) is 5.80. The number of aryl methyl sites for hydroxylation is 1. The molecule has 7 heteroatoms. The fourth-order valence-corrected chi connectivity index (χ4v) is 3.03. The molecule has 0 saturated carbocycles. The Labute approximate surface area is 149 Å². The molecule has 2 N–H and O–H groups in total. The van der Waals surface area contributed by atoms with Crippen LogP contribution in [0.5, 0.6) is 5.75 Å². The zero-order valence-corrected chi connectivity index (χ0v) is 14.4. The first kappa shape index (κ1) is 16.0. The molecule has 3 aromatic heterocycles. The minimum absolute atomic E-state index is 0.240. The molecule has 0 spiro atoms. The second-order valence-corrected chi connectivity index (χ2v) is 5.80. The molecule has 0 fully saturated rings. The first-order valence-electron chi connectivity index (χ1n) is 8.27. The maximum absolute atomic E-state index is 12.1. The summed E-state index contributed by atoms with van der Waals surface area (Å²) in [4.78, 5) is 12.1. The predicted molar refractivity (Wildman–Crippen MR) is 98.4 cm³/mol. The van der Waals surface area contributed by atoms with Crippen molar-refractivity contribution in [1.82, 2.24) is 14.8 Å². The standard InChI is InChI=1S/C19H18N4O3/c1-3-23-15-10-13(25-2)7-6-12(15)9-16(23)14-11-18(22-21-14)20-19(24)17-5-4-8-26-17/h4-11H,3H2,1-2H3,(H2,20,21,22,24). The molecule has 0 aliphatic carbocycles. The van der Waals surface area contributed by atoms with E-state index in [1.54, 1.807) is 25.3 Å². The van der Waals surface area contributed by atoms with Crippen molar-refractivity contribution in [3.05, 3.63) is 54.5 Å². The van der Waals surface area contributed by atoms with Gasteiger partial charge in [0.2, 0.25) is 0 Å². The number of nitrogens with one attached hydrogen (secondary N) is 2. The average Bonchev–Trinajstić information content (AvgIpc) is 3.39. The van der Waals surface area contributed by atoms with Gasteiger partial charge in [0.25, 0.3) is 5.91 Å². The van der Waals surface area contributed by atoms with Gasteiger partial charge in [0.05, 0.1) is 30.3 Å². The van der Waals surface area contributed by atoms with Crippen molar-refractivity contribution >= 4 is 22.6 Å². The Morgan fingerprint density at radius 3 is 2.92 bits per heavy atom. The molecule has 0 saturated heterocycles. The lowest BCUT2D eigenvalue weighted by molar-refractivity contribution is 0.0996. The zero-order valence-electron chi connectivity index (χ0n) is 14.4. The number of benzene rings is 1. The molecule has 0 bridgehead atoms. The Balaban J connectivity index is 1.68. The molecule has 1 aromatic carbocycles. The summed E-state index contributed by atoms with van der Waals surface area (Å²) in [5.74, 6) is 1.15. The van der Waals surface area contributed by atoms with Gasteiger partial charge >= 0.3 is 0 Å². The van der Waals surface area contributed by atoms with Crippen LogP contribution >= 0.6 is 0 Å². The molecule has 0 aliphatic heterocycles. The van der Waals surface area contributed by atoms with Crippen molar-refractivity contribution in [2.24, 2.45) is 0 Å². The summed E-state index contributed by atoms with van der Waals surface area (Å²) in [6.07, 6.45) is 1.46. The molecule has 7 nitrogen and oxygen atoms in total. The van der Waals surface area contributed by atoms with E-state index >= 15 is 0 Å². The van der Waals surface area contributed by atoms with Crippen molar-refractivity contribution in [2.45, 2.75) is 13.5 Å². The van der Waals surface area contributed by atoms with Gasteiger partial charge in [-0.25, -0.2) is 0 Å². The van der Waals surface area contributed by atoms with Gasteiger partial charge in [-0.05, 0) is 37.3 Å².